The van der Waals surface area contributed by atoms with E-state index < -0.39 is 11.7 Å². The van der Waals surface area contributed by atoms with Crippen molar-refractivity contribution in [3.05, 3.63) is 100 Å². The molecule has 0 aliphatic rings. The fraction of sp³-hybridized carbons (Fsp3) is 0.0833. The second kappa shape index (κ2) is 8.53. The zero-order valence-corrected chi connectivity index (χ0v) is 16.4. The SMILES string of the molecule is Cc1ccccc1NC(=O)Nc1c(NCc2ccccc2)c2ccccc2oc1=O. The molecule has 6 nitrogen and oxygen atoms in total. The highest BCUT2D eigenvalue weighted by Crippen LogP contribution is 2.29. The van der Waals surface area contributed by atoms with Crippen molar-refractivity contribution in [1.29, 1.82) is 0 Å². The van der Waals surface area contributed by atoms with Crippen molar-refractivity contribution in [3.63, 3.8) is 0 Å². The zero-order chi connectivity index (χ0) is 20.9. The molecule has 0 fully saturated rings. The minimum atomic E-state index is -0.621. The van der Waals surface area contributed by atoms with E-state index >= 15 is 0 Å². The number of benzene rings is 3. The van der Waals surface area contributed by atoms with Crippen LogP contribution >= 0.6 is 0 Å². The third kappa shape index (κ3) is 4.17. The molecule has 1 heterocycles. The van der Waals surface area contributed by atoms with Gasteiger partial charge in [0.05, 0.1) is 5.69 Å². The van der Waals surface area contributed by atoms with Crippen molar-refractivity contribution < 1.29 is 9.21 Å². The molecule has 0 saturated heterocycles. The number of hydrogen-bond acceptors (Lipinski definition) is 4. The fourth-order valence-corrected chi connectivity index (χ4v) is 3.21. The predicted molar refractivity (Wildman–Crippen MR) is 120 cm³/mol. The molecule has 150 valence electrons. The molecule has 0 aliphatic heterocycles. The Morgan fingerprint density at radius 2 is 1.53 bits per heavy atom. The highest BCUT2D eigenvalue weighted by atomic mass is 16.4. The van der Waals surface area contributed by atoms with E-state index in [0.29, 0.717) is 28.9 Å². The first-order valence-corrected chi connectivity index (χ1v) is 9.59. The van der Waals surface area contributed by atoms with E-state index in [2.05, 4.69) is 16.0 Å². The number of amides is 2. The first-order valence-electron chi connectivity index (χ1n) is 9.59. The standard InChI is InChI=1S/C24H21N3O3/c1-16-9-5-7-13-19(16)26-24(29)27-22-21(25-15-17-10-3-2-4-11-17)18-12-6-8-14-20(18)30-23(22)28/h2-14,25H,15H2,1H3,(H2,26,27,29). The van der Waals surface area contributed by atoms with E-state index in [1.165, 1.54) is 0 Å². The van der Waals surface area contributed by atoms with Crippen LogP contribution in [-0.4, -0.2) is 6.03 Å². The van der Waals surface area contributed by atoms with Gasteiger partial charge in [-0.1, -0.05) is 60.7 Å². The number of urea groups is 1. The number of anilines is 3. The maximum absolute atomic E-state index is 12.7. The summed E-state index contributed by atoms with van der Waals surface area (Å²) in [5.41, 5.74) is 3.04. The lowest BCUT2D eigenvalue weighted by molar-refractivity contribution is 0.262. The molecule has 0 atom stereocenters. The summed E-state index contributed by atoms with van der Waals surface area (Å²) in [6.45, 7) is 2.38. The van der Waals surface area contributed by atoms with Gasteiger partial charge in [-0.05, 0) is 36.2 Å². The average Bonchev–Trinajstić information content (AvgIpc) is 2.76. The Bertz CT molecular complexity index is 1250. The maximum Gasteiger partial charge on any atom is 0.362 e. The summed E-state index contributed by atoms with van der Waals surface area (Å²) in [5.74, 6) is 0. The Balaban J connectivity index is 1.67. The smallest absolute Gasteiger partial charge is 0.362 e. The summed E-state index contributed by atoms with van der Waals surface area (Å²) in [7, 11) is 0. The lowest BCUT2D eigenvalue weighted by Crippen LogP contribution is -2.25. The summed E-state index contributed by atoms with van der Waals surface area (Å²) in [5, 5.41) is 9.44. The molecule has 2 amide bonds. The molecule has 3 N–H and O–H groups in total. The highest BCUT2D eigenvalue weighted by molar-refractivity contribution is 6.06. The number of para-hydroxylation sites is 2. The number of carbonyl (C=O) groups excluding carboxylic acids is 1. The van der Waals surface area contributed by atoms with E-state index in [4.69, 9.17) is 4.42 Å². The quantitative estimate of drug-likeness (QED) is 0.395. The van der Waals surface area contributed by atoms with Crippen molar-refractivity contribution in [1.82, 2.24) is 0 Å². The van der Waals surface area contributed by atoms with Crippen LogP contribution in [0.2, 0.25) is 0 Å². The number of aryl methyl sites for hydroxylation is 1. The molecule has 0 aliphatic carbocycles. The Morgan fingerprint density at radius 3 is 2.33 bits per heavy atom. The maximum atomic E-state index is 12.7. The molecule has 0 bridgehead atoms. The molecular weight excluding hydrogens is 378 g/mol. The summed E-state index contributed by atoms with van der Waals surface area (Å²) in [6.07, 6.45) is 0. The Morgan fingerprint density at radius 1 is 0.833 bits per heavy atom. The first kappa shape index (κ1) is 19.3. The predicted octanol–water partition coefficient (Wildman–Crippen LogP) is 5.36. The van der Waals surface area contributed by atoms with Gasteiger partial charge in [0.2, 0.25) is 0 Å². The normalized spacial score (nSPS) is 10.6. The Kier molecular flexibility index (Phi) is 5.48. The second-order valence-electron chi connectivity index (χ2n) is 6.87. The number of carbonyl (C=O) groups is 1. The molecule has 3 aromatic carbocycles. The monoisotopic (exact) mass is 399 g/mol. The lowest BCUT2D eigenvalue weighted by atomic mass is 10.1. The molecule has 0 radical (unpaired) electrons. The van der Waals surface area contributed by atoms with Crippen molar-refractivity contribution in [2.45, 2.75) is 13.5 Å². The molecule has 6 heteroatoms. The minimum Gasteiger partial charge on any atom is -0.421 e. The van der Waals surface area contributed by atoms with Gasteiger partial charge < -0.3 is 15.1 Å². The van der Waals surface area contributed by atoms with Crippen LogP contribution in [0.5, 0.6) is 0 Å². The van der Waals surface area contributed by atoms with Crippen LogP contribution in [0.1, 0.15) is 11.1 Å². The van der Waals surface area contributed by atoms with E-state index in [-0.39, 0.29) is 5.69 Å². The van der Waals surface area contributed by atoms with Gasteiger partial charge in [-0.15, -0.1) is 0 Å². The zero-order valence-electron chi connectivity index (χ0n) is 16.4. The van der Waals surface area contributed by atoms with Gasteiger partial charge in [0.1, 0.15) is 5.58 Å². The average molecular weight is 399 g/mol. The van der Waals surface area contributed by atoms with Crippen LogP contribution in [0.4, 0.5) is 21.9 Å². The first-order chi connectivity index (χ1) is 14.6. The van der Waals surface area contributed by atoms with E-state index in [0.717, 1.165) is 11.1 Å². The van der Waals surface area contributed by atoms with Gasteiger partial charge in [-0.3, -0.25) is 5.32 Å². The Hall–Kier alpha value is -4.06. The summed E-state index contributed by atoms with van der Waals surface area (Å²) in [4.78, 5) is 25.3. The Labute approximate surface area is 173 Å². The van der Waals surface area contributed by atoms with E-state index in [9.17, 15) is 9.59 Å². The summed E-state index contributed by atoms with van der Waals surface area (Å²) < 4.78 is 5.42. The molecule has 1 aromatic heterocycles. The molecular formula is C24H21N3O3. The molecule has 30 heavy (non-hydrogen) atoms. The largest absolute Gasteiger partial charge is 0.421 e. The molecule has 0 spiro atoms. The second-order valence-corrected chi connectivity index (χ2v) is 6.87. The number of rotatable bonds is 5. The van der Waals surface area contributed by atoms with Crippen molar-refractivity contribution in [2.24, 2.45) is 0 Å². The highest BCUT2D eigenvalue weighted by Gasteiger charge is 2.17. The van der Waals surface area contributed by atoms with Crippen LogP contribution in [0.25, 0.3) is 11.0 Å². The molecule has 4 aromatic rings. The topological polar surface area (TPSA) is 83.4 Å². The molecule has 4 rings (SSSR count). The van der Waals surface area contributed by atoms with Gasteiger partial charge in [0.25, 0.3) is 0 Å². The third-order valence-electron chi connectivity index (χ3n) is 4.76. The fourth-order valence-electron chi connectivity index (χ4n) is 3.21. The van der Waals surface area contributed by atoms with Gasteiger partial charge in [0.15, 0.2) is 5.69 Å². The van der Waals surface area contributed by atoms with Crippen molar-refractivity contribution in [3.8, 4) is 0 Å². The van der Waals surface area contributed by atoms with Crippen LogP contribution in [0.3, 0.4) is 0 Å². The summed E-state index contributed by atoms with van der Waals surface area (Å²) >= 11 is 0. The van der Waals surface area contributed by atoms with Gasteiger partial charge in [-0.2, -0.15) is 0 Å². The van der Waals surface area contributed by atoms with Crippen molar-refractivity contribution in [2.75, 3.05) is 16.0 Å². The van der Waals surface area contributed by atoms with Gasteiger partial charge in [-0.25, -0.2) is 9.59 Å². The minimum absolute atomic E-state index is 0.0655. The molecule has 0 unspecified atom stereocenters. The number of nitrogens with one attached hydrogen (secondary N) is 3. The van der Waals surface area contributed by atoms with Crippen molar-refractivity contribution >= 4 is 34.1 Å². The van der Waals surface area contributed by atoms with Crippen LogP contribution in [-0.2, 0) is 6.54 Å². The van der Waals surface area contributed by atoms with Gasteiger partial charge in [0, 0.05) is 17.6 Å². The third-order valence-corrected chi connectivity index (χ3v) is 4.76. The van der Waals surface area contributed by atoms with Crippen LogP contribution in [0, 0.1) is 6.92 Å². The number of fused-ring (bicyclic) bond motifs is 1. The number of hydrogen-bond donors (Lipinski definition) is 3. The molecule has 0 saturated carbocycles. The van der Waals surface area contributed by atoms with Gasteiger partial charge >= 0.3 is 11.7 Å². The van der Waals surface area contributed by atoms with E-state index in [1.54, 1.807) is 18.2 Å². The van der Waals surface area contributed by atoms with E-state index in [1.807, 2.05) is 67.6 Å². The lowest BCUT2D eigenvalue weighted by Gasteiger charge is -2.15. The van der Waals surface area contributed by atoms with Crippen LogP contribution < -0.4 is 21.6 Å². The summed E-state index contributed by atoms with van der Waals surface area (Å²) in [6, 6.07) is 23.9. The van der Waals surface area contributed by atoms with Crippen LogP contribution in [0.15, 0.2) is 88.1 Å².